The van der Waals surface area contributed by atoms with Gasteiger partial charge in [-0.1, -0.05) is 0 Å². The summed E-state index contributed by atoms with van der Waals surface area (Å²) in [4.78, 5) is 11.3. The molecule has 2 N–H and O–H groups in total. The molecule has 2 aliphatic rings. The van der Waals surface area contributed by atoms with Gasteiger partial charge in [0, 0.05) is 5.92 Å². The van der Waals surface area contributed by atoms with E-state index in [-0.39, 0.29) is 24.4 Å². The molecule has 80 valence electrons. The SMILES string of the molecule is C[C@]1(O)CC[C@@H]2[C@H](CO)C(=O)OC[C@@H]21. The molecule has 0 aromatic carbocycles. The highest BCUT2D eigenvalue weighted by Gasteiger charge is 2.52. The van der Waals surface area contributed by atoms with Crippen molar-refractivity contribution in [3.63, 3.8) is 0 Å². The van der Waals surface area contributed by atoms with Gasteiger partial charge in [0.2, 0.25) is 0 Å². The first-order valence-electron chi connectivity index (χ1n) is 5.06. The molecule has 0 amide bonds. The Hall–Kier alpha value is -0.610. The Labute approximate surface area is 82.9 Å². The van der Waals surface area contributed by atoms with Crippen LogP contribution in [0, 0.1) is 17.8 Å². The number of carbonyl (C=O) groups excluding carboxylic acids is 1. The van der Waals surface area contributed by atoms with Crippen molar-refractivity contribution >= 4 is 5.97 Å². The Balaban J connectivity index is 2.20. The third-order valence-corrected chi connectivity index (χ3v) is 3.72. The number of carbonyl (C=O) groups is 1. The molecule has 4 atom stereocenters. The van der Waals surface area contributed by atoms with Gasteiger partial charge >= 0.3 is 5.97 Å². The summed E-state index contributed by atoms with van der Waals surface area (Å²) in [7, 11) is 0. The highest BCUT2D eigenvalue weighted by molar-refractivity contribution is 5.74. The lowest BCUT2D eigenvalue weighted by Gasteiger charge is -2.36. The lowest BCUT2D eigenvalue weighted by atomic mass is 9.79. The van der Waals surface area contributed by atoms with Gasteiger partial charge in [0.15, 0.2) is 0 Å². The molecule has 0 aromatic rings. The number of aliphatic hydroxyl groups excluding tert-OH is 1. The summed E-state index contributed by atoms with van der Waals surface area (Å²) in [5.74, 6) is -0.650. The largest absolute Gasteiger partial charge is 0.465 e. The van der Waals surface area contributed by atoms with Crippen molar-refractivity contribution in [2.24, 2.45) is 17.8 Å². The van der Waals surface area contributed by atoms with E-state index in [0.717, 1.165) is 6.42 Å². The van der Waals surface area contributed by atoms with Gasteiger partial charge in [0.25, 0.3) is 0 Å². The van der Waals surface area contributed by atoms with Crippen molar-refractivity contribution in [1.29, 1.82) is 0 Å². The highest BCUT2D eigenvalue weighted by atomic mass is 16.5. The second-order valence-electron chi connectivity index (χ2n) is 4.59. The van der Waals surface area contributed by atoms with E-state index in [0.29, 0.717) is 13.0 Å². The summed E-state index contributed by atoms with van der Waals surface area (Å²) in [6.07, 6.45) is 1.49. The zero-order valence-electron chi connectivity index (χ0n) is 8.27. The Morgan fingerprint density at radius 2 is 2.36 bits per heavy atom. The third-order valence-electron chi connectivity index (χ3n) is 3.72. The van der Waals surface area contributed by atoms with E-state index in [1.807, 2.05) is 0 Å². The van der Waals surface area contributed by atoms with Crippen molar-refractivity contribution in [3.05, 3.63) is 0 Å². The summed E-state index contributed by atoms with van der Waals surface area (Å²) in [6.45, 7) is 1.91. The van der Waals surface area contributed by atoms with E-state index in [1.54, 1.807) is 6.92 Å². The summed E-state index contributed by atoms with van der Waals surface area (Å²) in [5.41, 5.74) is -0.737. The molecule has 0 unspecified atom stereocenters. The molecule has 0 aromatic heterocycles. The van der Waals surface area contributed by atoms with Crippen LogP contribution in [0.1, 0.15) is 19.8 Å². The minimum atomic E-state index is -0.737. The molecule has 0 bridgehead atoms. The van der Waals surface area contributed by atoms with Gasteiger partial charge < -0.3 is 14.9 Å². The molecule has 1 saturated heterocycles. The number of hydrogen-bond acceptors (Lipinski definition) is 4. The number of ether oxygens (including phenoxy) is 1. The first kappa shape index (κ1) is 9.93. The lowest BCUT2D eigenvalue weighted by molar-refractivity contribution is -0.168. The van der Waals surface area contributed by atoms with Gasteiger partial charge in [-0.05, 0) is 25.7 Å². The molecule has 14 heavy (non-hydrogen) atoms. The van der Waals surface area contributed by atoms with E-state index in [2.05, 4.69) is 0 Å². The fourth-order valence-corrected chi connectivity index (χ4v) is 2.76. The van der Waals surface area contributed by atoms with Crippen LogP contribution in [0.4, 0.5) is 0 Å². The summed E-state index contributed by atoms with van der Waals surface area (Å²) in [6, 6.07) is 0. The number of esters is 1. The molecule has 1 aliphatic carbocycles. The fraction of sp³-hybridized carbons (Fsp3) is 0.900. The van der Waals surface area contributed by atoms with Crippen LogP contribution >= 0.6 is 0 Å². The number of aliphatic hydroxyl groups is 2. The second kappa shape index (κ2) is 3.21. The monoisotopic (exact) mass is 200 g/mol. The predicted molar refractivity (Wildman–Crippen MR) is 48.4 cm³/mol. The van der Waals surface area contributed by atoms with E-state index < -0.39 is 11.5 Å². The van der Waals surface area contributed by atoms with Crippen LogP contribution < -0.4 is 0 Å². The number of cyclic esters (lactones) is 1. The Kier molecular flexibility index (Phi) is 2.27. The van der Waals surface area contributed by atoms with E-state index >= 15 is 0 Å². The molecule has 0 radical (unpaired) electrons. The minimum absolute atomic E-state index is 0.00245. The van der Waals surface area contributed by atoms with Gasteiger partial charge in [-0.25, -0.2) is 0 Å². The number of fused-ring (bicyclic) bond motifs is 1. The molecule has 4 nitrogen and oxygen atoms in total. The van der Waals surface area contributed by atoms with E-state index in [1.165, 1.54) is 0 Å². The molecule has 2 rings (SSSR count). The topological polar surface area (TPSA) is 66.8 Å². The van der Waals surface area contributed by atoms with Crippen molar-refractivity contribution in [1.82, 2.24) is 0 Å². The van der Waals surface area contributed by atoms with Crippen LogP contribution in [0.25, 0.3) is 0 Å². The van der Waals surface area contributed by atoms with Gasteiger partial charge in [0.05, 0.1) is 24.7 Å². The van der Waals surface area contributed by atoms with Crippen LogP contribution in [0.3, 0.4) is 0 Å². The quantitative estimate of drug-likeness (QED) is 0.581. The molecule has 2 fully saturated rings. The predicted octanol–water partition coefficient (Wildman–Crippen LogP) is -0.0711. The molecule has 1 saturated carbocycles. The molecule has 1 aliphatic heterocycles. The summed E-state index contributed by atoms with van der Waals surface area (Å²) >= 11 is 0. The maximum absolute atomic E-state index is 11.3. The van der Waals surface area contributed by atoms with Crippen molar-refractivity contribution < 1.29 is 19.7 Å². The standard InChI is InChI=1S/C10H16O4/c1-10(13)3-2-6-7(4-11)9(12)14-5-8(6)10/h6-8,11,13H,2-5H2,1H3/t6-,7+,8+,10+/m1/s1. The molecule has 1 heterocycles. The fourth-order valence-electron chi connectivity index (χ4n) is 2.76. The second-order valence-corrected chi connectivity index (χ2v) is 4.59. The van der Waals surface area contributed by atoms with Crippen LogP contribution in [-0.2, 0) is 9.53 Å². The van der Waals surface area contributed by atoms with Crippen LogP contribution in [-0.4, -0.2) is 35.0 Å². The Morgan fingerprint density at radius 1 is 1.64 bits per heavy atom. The van der Waals surface area contributed by atoms with Gasteiger partial charge in [-0.2, -0.15) is 0 Å². The van der Waals surface area contributed by atoms with Crippen molar-refractivity contribution in [3.8, 4) is 0 Å². The maximum Gasteiger partial charge on any atom is 0.311 e. The smallest absolute Gasteiger partial charge is 0.311 e. The first-order chi connectivity index (χ1) is 6.56. The summed E-state index contributed by atoms with van der Waals surface area (Å²) < 4.78 is 4.97. The average Bonchev–Trinajstić information content (AvgIpc) is 2.42. The Bertz CT molecular complexity index is 249. The Morgan fingerprint density at radius 3 is 3.00 bits per heavy atom. The zero-order chi connectivity index (χ0) is 10.3. The normalized spacial score (nSPS) is 47.4. The summed E-state index contributed by atoms with van der Waals surface area (Å²) in [5, 5.41) is 19.1. The number of hydrogen-bond donors (Lipinski definition) is 2. The van der Waals surface area contributed by atoms with Crippen LogP contribution in [0.5, 0.6) is 0 Å². The van der Waals surface area contributed by atoms with Crippen LogP contribution in [0.2, 0.25) is 0 Å². The zero-order valence-corrected chi connectivity index (χ0v) is 8.27. The highest BCUT2D eigenvalue weighted by Crippen LogP contribution is 2.46. The van der Waals surface area contributed by atoms with E-state index in [9.17, 15) is 9.90 Å². The lowest BCUT2D eigenvalue weighted by Crippen LogP contribution is -2.45. The van der Waals surface area contributed by atoms with Crippen molar-refractivity contribution in [2.45, 2.75) is 25.4 Å². The first-order valence-corrected chi connectivity index (χ1v) is 5.06. The van der Waals surface area contributed by atoms with Gasteiger partial charge in [-0.15, -0.1) is 0 Å². The van der Waals surface area contributed by atoms with Crippen molar-refractivity contribution in [2.75, 3.05) is 13.2 Å². The van der Waals surface area contributed by atoms with Crippen LogP contribution in [0.15, 0.2) is 0 Å². The average molecular weight is 200 g/mol. The molecule has 0 spiro atoms. The van der Waals surface area contributed by atoms with Gasteiger partial charge in [-0.3, -0.25) is 4.79 Å². The maximum atomic E-state index is 11.3. The van der Waals surface area contributed by atoms with E-state index in [4.69, 9.17) is 9.84 Å². The third kappa shape index (κ3) is 1.33. The molecular weight excluding hydrogens is 184 g/mol. The van der Waals surface area contributed by atoms with Gasteiger partial charge in [0.1, 0.15) is 0 Å². The number of rotatable bonds is 1. The molecule has 4 heteroatoms. The minimum Gasteiger partial charge on any atom is -0.465 e. The molecular formula is C10H16O4.